The van der Waals surface area contributed by atoms with Gasteiger partial charge in [0.1, 0.15) is 12.7 Å². The maximum absolute atomic E-state index is 13.3. The first-order chi connectivity index (χ1) is 19.0. The summed E-state index contributed by atoms with van der Waals surface area (Å²) in [6.45, 7) is 5.20. The van der Waals surface area contributed by atoms with E-state index in [9.17, 15) is 9.59 Å². The number of fused-ring (bicyclic) bond motifs is 3. The van der Waals surface area contributed by atoms with Crippen molar-refractivity contribution in [2.45, 2.75) is 37.8 Å². The highest BCUT2D eigenvalue weighted by molar-refractivity contribution is 8.00. The van der Waals surface area contributed by atoms with Gasteiger partial charge in [0, 0.05) is 62.3 Å². The molecule has 2 amide bonds. The van der Waals surface area contributed by atoms with Crippen molar-refractivity contribution in [1.82, 2.24) is 45.8 Å². The number of likely N-dealkylation sites (tertiary alicyclic amines) is 1. The van der Waals surface area contributed by atoms with Gasteiger partial charge in [0.2, 0.25) is 11.8 Å². The van der Waals surface area contributed by atoms with Crippen LogP contribution in [0.4, 0.5) is 0 Å². The van der Waals surface area contributed by atoms with E-state index in [0.717, 1.165) is 80.7 Å². The second kappa shape index (κ2) is 10.3. The van der Waals surface area contributed by atoms with E-state index in [1.54, 1.807) is 0 Å². The molecule has 0 aromatic heterocycles. The molecule has 4 saturated heterocycles. The van der Waals surface area contributed by atoms with Crippen LogP contribution in [0.2, 0.25) is 0 Å². The average Bonchev–Trinajstić information content (AvgIpc) is 3.57. The number of hydrogen-bond donors (Lipinski definition) is 3. The van der Waals surface area contributed by atoms with Gasteiger partial charge in [-0.05, 0) is 38.5 Å². The lowest BCUT2D eigenvalue weighted by molar-refractivity contribution is -0.140. The van der Waals surface area contributed by atoms with Crippen molar-refractivity contribution in [1.29, 1.82) is 0 Å². The van der Waals surface area contributed by atoms with Gasteiger partial charge >= 0.3 is 0 Å². The first-order valence-electron chi connectivity index (χ1n) is 14.2. The molecule has 13 heteroatoms. The monoisotopic (exact) mass is 554 g/mol. The Kier molecular flexibility index (Phi) is 6.69. The van der Waals surface area contributed by atoms with Gasteiger partial charge in [-0.25, -0.2) is 10.4 Å². The fourth-order valence-corrected chi connectivity index (χ4v) is 7.25. The van der Waals surface area contributed by atoms with Crippen LogP contribution >= 0.6 is 11.8 Å². The van der Waals surface area contributed by atoms with Crippen LogP contribution in [0.5, 0.6) is 0 Å². The third kappa shape index (κ3) is 4.79. The number of hydrazine groups is 2. The molecule has 2 bridgehead atoms. The zero-order valence-corrected chi connectivity index (χ0v) is 23.3. The third-order valence-electron chi connectivity index (χ3n) is 8.76. The predicted octanol–water partition coefficient (Wildman–Crippen LogP) is -0.689. The first-order valence-corrected chi connectivity index (χ1v) is 15.3. The molecule has 7 rings (SSSR count). The van der Waals surface area contributed by atoms with E-state index >= 15 is 0 Å². The van der Waals surface area contributed by atoms with Gasteiger partial charge in [0.15, 0.2) is 12.1 Å². The molecular weight excluding hydrogens is 516 g/mol. The van der Waals surface area contributed by atoms with E-state index in [4.69, 9.17) is 4.99 Å². The van der Waals surface area contributed by atoms with E-state index in [2.05, 4.69) is 44.0 Å². The molecule has 12 nitrogen and oxygen atoms in total. The van der Waals surface area contributed by atoms with Gasteiger partial charge in [-0.1, -0.05) is 0 Å². The van der Waals surface area contributed by atoms with Crippen LogP contribution in [-0.2, 0) is 9.59 Å². The number of thioether (sulfide) groups is 1. The van der Waals surface area contributed by atoms with Crippen molar-refractivity contribution >= 4 is 29.4 Å². The summed E-state index contributed by atoms with van der Waals surface area (Å²) in [5.41, 5.74) is 8.77. The predicted molar refractivity (Wildman–Crippen MR) is 149 cm³/mol. The average molecular weight is 555 g/mol. The number of carbonyl (C=O) groups excluding carboxylic acids is 2. The summed E-state index contributed by atoms with van der Waals surface area (Å²) in [4.78, 5) is 39.8. The van der Waals surface area contributed by atoms with Gasteiger partial charge < -0.3 is 29.9 Å². The van der Waals surface area contributed by atoms with E-state index in [1.807, 2.05) is 45.2 Å². The zero-order valence-electron chi connectivity index (χ0n) is 22.5. The van der Waals surface area contributed by atoms with Crippen LogP contribution in [0.15, 0.2) is 40.9 Å². The first kappa shape index (κ1) is 25.2. The second-order valence-corrected chi connectivity index (χ2v) is 12.5. The molecule has 0 aliphatic carbocycles. The topological polar surface area (TPSA) is 102 Å². The summed E-state index contributed by atoms with van der Waals surface area (Å²) in [7, 11) is 2.09. The van der Waals surface area contributed by atoms with E-state index < -0.39 is 0 Å². The smallest absolute Gasteiger partial charge is 0.243 e. The summed E-state index contributed by atoms with van der Waals surface area (Å²) in [5.74, 6) is 3.48. The molecule has 210 valence electrons. The standard InChI is InChI=1S/C26H38N10O2S/c1-31-8-10-32(11-9-31)23(37)15-33-13-19(12-27-33)28-26-29-24-21(5-3-7-35(24)30-26)34-14-20-4-2-6-22(34)36(20)25(38)18-16-39-17-18/h3,5,7,13,18,20,22,26-28,30H,2,4,6,8-12,14-17H2,1H3. The Bertz CT molecular complexity index is 1130. The van der Waals surface area contributed by atoms with Gasteiger partial charge in [0.25, 0.3) is 0 Å². The third-order valence-corrected chi connectivity index (χ3v) is 10.0. The minimum Gasteiger partial charge on any atom is -0.351 e. The summed E-state index contributed by atoms with van der Waals surface area (Å²) in [6, 6.07) is 0.292. The van der Waals surface area contributed by atoms with Gasteiger partial charge in [-0.15, -0.1) is 0 Å². The van der Waals surface area contributed by atoms with Gasteiger partial charge in [-0.2, -0.15) is 17.2 Å². The number of allylic oxidation sites excluding steroid dienone is 2. The van der Waals surface area contributed by atoms with Crippen molar-refractivity contribution in [2.75, 3.05) is 64.4 Å². The SMILES string of the molecule is CN1CCN(C(=O)CN2C=C(NC3N=C4C(N5CC6CCCC5N6C(=O)C5CSC5)=CC=CN4N3)CN2)CC1. The molecular formula is C26H38N10O2S. The Morgan fingerprint density at radius 3 is 2.82 bits per heavy atom. The fraction of sp³-hybridized carbons (Fsp3) is 0.654. The summed E-state index contributed by atoms with van der Waals surface area (Å²) < 4.78 is 0. The van der Waals surface area contributed by atoms with Crippen molar-refractivity contribution in [3.05, 3.63) is 35.9 Å². The van der Waals surface area contributed by atoms with E-state index in [-0.39, 0.29) is 24.3 Å². The fourth-order valence-electron chi connectivity index (χ4n) is 6.49. The molecule has 0 radical (unpaired) electrons. The van der Waals surface area contributed by atoms with Gasteiger partial charge in [-0.3, -0.25) is 14.6 Å². The molecule has 0 spiro atoms. The Balaban J connectivity index is 0.997. The zero-order chi connectivity index (χ0) is 26.5. The van der Waals surface area contributed by atoms with Crippen molar-refractivity contribution < 1.29 is 9.59 Å². The molecule has 3 unspecified atom stereocenters. The summed E-state index contributed by atoms with van der Waals surface area (Å²) in [6.07, 6.45) is 11.2. The highest BCUT2D eigenvalue weighted by Crippen LogP contribution is 2.39. The molecule has 0 saturated carbocycles. The lowest BCUT2D eigenvalue weighted by atomic mass is 10.0. The van der Waals surface area contributed by atoms with Crippen molar-refractivity contribution in [3.8, 4) is 0 Å². The van der Waals surface area contributed by atoms with Gasteiger partial charge in [0.05, 0.1) is 24.2 Å². The quantitative estimate of drug-likeness (QED) is 0.391. The molecule has 0 aromatic carbocycles. The number of piperazine rings is 1. The number of amidine groups is 1. The summed E-state index contributed by atoms with van der Waals surface area (Å²) in [5, 5.41) is 7.31. The number of likely N-dealkylation sites (N-methyl/N-ethyl adjacent to an activating group) is 1. The van der Waals surface area contributed by atoms with Crippen LogP contribution in [0.25, 0.3) is 0 Å². The van der Waals surface area contributed by atoms with E-state index in [0.29, 0.717) is 25.0 Å². The van der Waals surface area contributed by atoms with Crippen LogP contribution in [-0.4, -0.2) is 130 Å². The molecule has 39 heavy (non-hydrogen) atoms. The van der Waals surface area contributed by atoms with Crippen LogP contribution in [0, 0.1) is 5.92 Å². The second-order valence-electron chi connectivity index (χ2n) is 11.4. The largest absolute Gasteiger partial charge is 0.351 e. The van der Waals surface area contributed by atoms with Crippen molar-refractivity contribution in [2.24, 2.45) is 10.9 Å². The molecule has 3 N–H and O–H groups in total. The lowest BCUT2D eigenvalue weighted by Crippen LogP contribution is -2.52. The normalized spacial score (nSPS) is 30.7. The highest BCUT2D eigenvalue weighted by atomic mass is 32.2. The number of aliphatic imine (C=N–C) groups is 1. The maximum atomic E-state index is 13.3. The molecule has 0 aromatic rings. The Hall–Kier alpha value is -2.74. The minimum absolute atomic E-state index is 0.115. The molecule has 7 aliphatic rings. The number of amides is 2. The van der Waals surface area contributed by atoms with Crippen molar-refractivity contribution in [3.63, 3.8) is 0 Å². The number of nitrogens with one attached hydrogen (secondary N) is 3. The van der Waals surface area contributed by atoms with E-state index in [1.165, 1.54) is 0 Å². The van der Waals surface area contributed by atoms with Crippen LogP contribution in [0.3, 0.4) is 0 Å². The molecule has 7 aliphatic heterocycles. The van der Waals surface area contributed by atoms with Crippen LogP contribution in [0.1, 0.15) is 19.3 Å². The summed E-state index contributed by atoms with van der Waals surface area (Å²) >= 11 is 1.87. The van der Waals surface area contributed by atoms with Crippen LogP contribution < -0.4 is 16.2 Å². The number of nitrogens with zero attached hydrogens (tertiary/aromatic N) is 7. The Morgan fingerprint density at radius 1 is 1.18 bits per heavy atom. The Morgan fingerprint density at radius 2 is 2.03 bits per heavy atom. The molecule has 4 fully saturated rings. The molecule has 7 heterocycles. The number of carbonyl (C=O) groups is 2. The molecule has 3 atom stereocenters. The number of hydrogen-bond acceptors (Lipinski definition) is 11. The Labute approximate surface area is 233 Å². The lowest BCUT2D eigenvalue weighted by Gasteiger charge is -2.40. The number of rotatable bonds is 6. The maximum Gasteiger partial charge on any atom is 0.243 e. The highest BCUT2D eigenvalue weighted by Gasteiger charge is 2.49. The minimum atomic E-state index is -0.320. The number of piperidine rings is 1.